The maximum Gasteiger partial charge on any atom is 0.261 e. The number of benzene rings is 2. The number of hydrogen-bond acceptors (Lipinski definition) is 6. The van der Waals surface area contributed by atoms with Crippen molar-refractivity contribution in [3.63, 3.8) is 0 Å². The van der Waals surface area contributed by atoms with Crippen LogP contribution in [0.3, 0.4) is 0 Å². The second-order valence-electron chi connectivity index (χ2n) is 7.70. The topological polar surface area (TPSA) is 106 Å². The highest BCUT2D eigenvalue weighted by molar-refractivity contribution is 7.92. The molecule has 0 saturated heterocycles. The van der Waals surface area contributed by atoms with Crippen molar-refractivity contribution in [2.75, 3.05) is 4.72 Å². The van der Waals surface area contributed by atoms with E-state index in [-0.39, 0.29) is 22.5 Å². The molecule has 0 aliphatic heterocycles. The van der Waals surface area contributed by atoms with Gasteiger partial charge in [-0.15, -0.1) is 11.3 Å². The molecule has 172 valence electrons. The van der Waals surface area contributed by atoms with Crippen LogP contribution in [0.2, 0.25) is 0 Å². The number of hydrogen-bond donors (Lipinski definition) is 2. The van der Waals surface area contributed by atoms with Crippen LogP contribution in [0.4, 0.5) is 5.69 Å². The summed E-state index contributed by atoms with van der Waals surface area (Å²) in [5.74, 6) is 0.418. The molecule has 4 rings (SSSR count). The minimum absolute atomic E-state index is 0.138. The van der Waals surface area contributed by atoms with Crippen LogP contribution in [0.25, 0.3) is 11.0 Å². The van der Waals surface area contributed by atoms with E-state index in [1.54, 1.807) is 30.3 Å². The zero-order chi connectivity index (χ0) is 23.8. The van der Waals surface area contributed by atoms with E-state index in [9.17, 15) is 13.2 Å². The maximum absolute atomic E-state index is 13.4. The molecule has 2 heterocycles. The number of carbonyl (C=O) groups excluding carboxylic acids is 1. The van der Waals surface area contributed by atoms with Crippen molar-refractivity contribution >= 4 is 44.0 Å². The van der Waals surface area contributed by atoms with Crippen LogP contribution >= 0.6 is 11.3 Å². The number of carbonyl (C=O) groups is 1. The number of fused-ring (bicyclic) bond motifs is 1. The first-order valence-corrected chi connectivity index (χ1v) is 12.9. The minimum atomic E-state index is -3.82. The summed E-state index contributed by atoms with van der Waals surface area (Å²) >= 11 is 1.52. The first kappa shape index (κ1) is 22.9. The Morgan fingerprint density at radius 3 is 2.52 bits per heavy atom. The van der Waals surface area contributed by atoms with Crippen LogP contribution in [-0.2, 0) is 16.6 Å². The summed E-state index contributed by atoms with van der Waals surface area (Å²) in [6.07, 6.45) is 0. The zero-order valence-electron chi connectivity index (χ0n) is 18.8. The highest BCUT2D eigenvalue weighted by Crippen LogP contribution is 2.28. The van der Waals surface area contributed by atoms with Gasteiger partial charge in [0.2, 0.25) is 0 Å². The van der Waals surface area contributed by atoms with E-state index in [2.05, 4.69) is 20.0 Å². The number of nitrogens with one attached hydrogen (secondary N) is 2. The molecule has 0 spiro atoms. The van der Waals surface area contributed by atoms with Gasteiger partial charge in [0, 0.05) is 11.9 Å². The van der Waals surface area contributed by atoms with Crippen LogP contribution in [0.5, 0.6) is 0 Å². The number of aryl methyl sites for hydroxylation is 3. The molecule has 10 heteroatoms. The number of thiazole rings is 1. The molecule has 4 aromatic rings. The molecule has 1 unspecified atom stereocenters. The molecular formula is C23H25N5O3S2. The Balaban J connectivity index is 1.76. The van der Waals surface area contributed by atoms with Crippen molar-refractivity contribution in [2.24, 2.45) is 0 Å². The summed E-state index contributed by atoms with van der Waals surface area (Å²) in [6.45, 7) is 8.24. The standard InChI is InChI=1S/C23H25N5O3S2/c1-5-28-15(3)25-20-12-17(27-33(30,31)18-9-7-6-8-10-18)11-19(22(20)28)23(29)24-14(2)21-13-32-16(4)26-21/h6-14,27H,5H2,1-4H3,(H,24,29). The highest BCUT2D eigenvalue weighted by Gasteiger charge is 2.22. The highest BCUT2D eigenvalue weighted by atomic mass is 32.2. The van der Waals surface area contributed by atoms with Gasteiger partial charge in [-0.05, 0) is 52.0 Å². The van der Waals surface area contributed by atoms with E-state index in [0.717, 1.165) is 16.5 Å². The molecule has 33 heavy (non-hydrogen) atoms. The predicted molar refractivity (Wildman–Crippen MR) is 130 cm³/mol. The van der Waals surface area contributed by atoms with Crippen LogP contribution in [0.1, 0.15) is 46.8 Å². The van der Waals surface area contributed by atoms with Gasteiger partial charge >= 0.3 is 0 Å². The van der Waals surface area contributed by atoms with E-state index in [1.807, 2.05) is 37.6 Å². The van der Waals surface area contributed by atoms with Gasteiger partial charge in [0.05, 0.1) is 43.9 Å². The SMILES string of the molecule is CCn1c(C)nc2cc(NS(=O)(=O)c3ccccc3)cc(C(=O)NC(C)c3csc(C)n3)c21. The number of rotatable bonds is 7. The molecule has 0 aliphatic rings. The Morgan fingerprint density at radius 2 is 1.88 bits per heavy atom. The third kappa shape index (κ3) is 4.62. The van der Waals surface area contributed by atoms with Gasteiger partial charge < -0.3 is 9.88 Å². The summed E-state index contributed by atoms with van der Waals surface area (Å²) in [5.41, 5.74) is 2.61. The summed E-state index contributed by atoms with van der Waals surface area (Å²) in [4.78, 5) is 22.5. The van der Waals surface area contributed by atoms with Crippen molar-refractivity contribution in [2.45, 2.75) is 45.2 Å². The van der Waals surface area contributed by atoms with Gasteiger partial charge in [0.15, 0.2) is 0 Å². The number of imidazole rings is 1. The van der Waals surface area contributed by atoms with E-state index in [0.29, 0.717) is 23.1 Å². The largest absolute Gasteiger partial charge is 0.344 e. The molecule has 0 bridgehead atoms. The van der Waals surface area contributed by atoms with Crippen molar-refractivity contribution in [3.8, 4) is 0 Å². The van der Waals surface area contributed by atoms with E-state index < -0.39 is 10.0 Å². The van der Waals surface area contributed by atoms with Gasteiger partial charge in [-0.1, -0.05) is 18.2 Å². The van der Waals surface area contributed by atoms with Crippen molar-refractivity contribution in [1.82, 2.24) is 19.9 Å². The molecule has 2 aromatic heterocycles. The lowest BCUT2D eigenvalue weighted by molar-refractivity contribution is 0.0940. The quantitative estimate of drug-likeness (QED) is 0.405. The van der Waals surface area contributed by atoms with Gasteiger partial charge in [-0.3, -0.25) is 9.52 Å². The first-order valence-electron chi connectivity index (χ1n) is 10.5. The van der Waals surface area contributed by atoms with E-state index in [4.69, 9.17) is 0 Å². The molecule has 0 aliphatic carbocycles. The van der Waals surface area contributed by atoms with E-state index >= 15 is 0 Å². The molecule has 1 atom stereocenters. The molecular weight excluding hydrogens is 458 g/mol. The fraction of sp³-hybridized carbons (Fsp3) is 0.261. The average Bonchev–Trinajstić information content (AvgIpc) is 3.35. The number of sulfonamides is 1. The third-order valence-corrected chi connectivity index (χ3v) is 7.52. The summed E-state index contributed by atoms with van der Waals surface area (Å²) < 4.78 is 30.3. The lowest BCUT2D eigenvalue weighted by atomic mass is 10.1. The van der Waals surface area contributed by atoms with Crippen LogP contribution < -0.4 is 10.0 Å². The van der Waals surface area contributed by atoms with Crippen LogP contribution in [0, 0.1) is 13.8 Å². The van der Waals surface area contributed by atoms with Crippen LogP contribution in [-0.4, -0.2) is 28.9 Å². The Morgan fingerprint density at radius 1 is 1.15 bits per heavy atom. The van der Waals surface area contributed by atoms with Gasteiger partial charge in [-0.2, -0.15) is 0 Å². The number of amides is 1. The summed E-state index contributed by atoms with van der Waals surface area (Å²) in [7, 11) is -3.82. The molecule has 8 nitrogen and oxygen atoms in total. The summed E-state index contributed by atoms with van der Waals surface area (Å²) in [6, 6.07) is 11.0. The smallest absolute Gasteiger partial charge is 0.261 e. The lowest BCUT2D eigenvalue weighted by Gasteiger charge is -2.15. The predicted octanol–water partition coefficient (Wildman–Crippen LogP) is 4.42. The minimum Gasteiger partial charge on any atom is -0.344 e. The maximum atomic E-state index is 13.4. The number of aromatic nitrogens is 3. The van der Waals surface area contributed by atoms with E-state index in [1.165, 1.54) is 23.5 Å². The van der Waals surface area contributed by atoms with Gasteiger partial charge in [0.25, 0.3) is 15.9 Å². The molecule has 2 aromatic carbocycles. The fourth-order valence-electron chi connectivity index (χ4n) is 3.74. The third-order valence-electron chi connectivity index (χ3n) is 5.33. The number of anilines is 1. The Kier molecular flexibility index (Phi) is 6.22. The monoisotopic (exact) mass is 483 g/mol. The summed E-state index contributed by atoms with van der Waals surface area (Å²) in [5, 5.41) is 5.83. The molecule has 0 fully saturated rings. The van der Waals surface area contributed by atoms with Gasteiger partial charge in [0.1, 0.15) is 5.82 Å². The molecule has 0 radical (unpaired) electrons. The second-order valence-corrected chi connectivity index (χ2v) is 10.4. The lowest BCUT2D eigenvalue weighted by Crippen LogP contribution is -2.27. The molecule has 2 N–H and O–H groups in total. The molecule has 1 amide bonds. The number of nitrogens with zero attached hydrogens (tertiary/aromatic N) is 3. The average molecular weight is 484 g/mol. The van der Waals surface area contributed by atoms with Gasteiger partial charge in [-0.25, -0.2) is 18.4 Å². The fourth-order valence-corrected chi connectivity index (χ4v) is 5.51. The Bertz CT molecular complexity index is 1430. The Labute approximate surface area is 196 Å². The first-order chi connectivity index (χ1) is 15.7. The zero-order valence-corrected chi connectivity index (χ0v) is 20.4. The van der Waals surface area contributed by atoms with Crippen molar-refractivity contribution < 1.29 is 13.2 Å². The van der Waals surface area contributed by atoms with Crippen molar-refractivity contribution in [3.05, 3.63) is 69.9 Å². The Hall–Kier alpha value is -3.24. The molecule has 0 saturated carbocycles. The second kappa shape index (κ2) is 8.95. The van der Waals surface area contributed by atoms with Crippen molar-refractivity contribution in [1.29, 1.82) is 0 Å². The normalized spacial score (nSPS) is 12.6. The van der Waals surface area contributed by atoms with Crippen LogP contribution in [0.15, 0.2) is 52.7 Å².